The summed E-state index contributed by atoms with van der Waals surface area (Å²) in [5.41, 5.74) is 5.88. The first-order chi connectivity index (χ1) is 15.4. The second-order valence-corrected chi connectivity index (χ2v) is 9.24. The van der Waals surface area contributed by atoms with Crippen molar-refractivity contribution in [2.45, 2.75) is 38.5 Å². The summed E-state index contributed by atoms with van der Waals surface area (Å²) >= 11 is 0. The van der Waals surface area contributed by atoms with E-state index < -0.39 is 0 Å². The van der Waals surface area contributed by atoms with E-state index in [2.05, 4.69) is 36.3 Å². The van der Waals surface area contributed by atoms with Gasteiger partial charge in [-0.1, -0.05) is 26.0 Å². The van der Waals surface area contributed by atoms with Crippen LogP contribution in [-0.2, 0) is 11.8 Å². The number of nitrogens with one attached hydrogen (secondary N) is 1. The van der Waals surface area contributed by atoms with Crippen LogP contribution in [-0.4, -0.2) is 41.0 Å². The molecule has 2 aliphatic rings. The Kier molecular flexibility index (Phi) is 6.30. The Balaban J connectivity index is 0.00000259. The quantitative estimate of drug-likeness (QED) is 0.560. The van der Waals surface area contributed by atoms with Gasteiger partial charge in [-0.05, 0) is 66.1 Å². The van der Waals surface area contributed by atoms with Gasteiger partial charge in [0, 0.05) is 36.1 Å². The lowest BCUT2D eigenvalue weighted by Gasteiger charge is -2.33. The maximum Gasteiger partial charge on any atom is 0.253 e. The first-order valence-electron chi connectivity index (χ1n) is 11.2. The van der Waals surface area contributed by atoms with E-state index in [1.807, 2.05) is 41.4 Å². The molecular weight excluding hydrogens is 436 g/mol. The van der Waals surface area contributed by atoms with Crippen LogP contribution < -0.4 is 10.1 Å². The van der Waals surface area contributed by atoms with Gasteiger partial charge in [0.15, 0.2) is 0 Å². The molecule has 1 aliphatic carbocycles. The van der Waals surface area contributed by atoms with Crippen molar-refractivity contribution in [3.63, 3.8) is 0 Å². The normalized spacial score (nSPS) is 15.8. The van der Waals surface area contributed by atoms with Crippen molar-refractivity contribution in [3.05, 3.63) is 65.4 Å². The number of carbonyl (C=O) groups is 1. The molecular formula is C26H29ClN4O2. The minimum absolute atomic E-state index is 0. The van der Waals surface area contributed by atoms with E-state index >= 15 is 0 Å². The van der Waals surface area contributed by atoms with E-state index in [1.54, 1.807) is 7.11 Å². The molecule has 2 heterocycles. The zero-order chi connectivity index (χ0) is 22.3. The summed E-state index contributed by atoms with van der Waals surface area (Å²) in [4.78, 5) is 24.1. The number of hydrogen-bond donors (Lipinski definition) is 1. The third-order valence-corrected chi connectivity index (χ3v) is 6.47. The summed E-state index contributed by atoms with van der Waals surface area (Å²) in [6.07, 6.45) is 4.95. The number of hydrogen-bond acceptors (Lipinski definition) is 5. The minimum Gasteiger partial charge on any atom is -0.497 e. The number of nitrogens with zero attached hydrogens (tertiary/aromatic N) is 3. The molecule has 5 rings (SSSR count). The maximum atomic E-state index is 12.8. The molecule has 1 saturated heterocycles. The van der Waals surface area contributed by atoms with E-state index in [1.165, 1.54) is 5.56 Å². The Labute approximate surface area is 200 Å². The molecule has 0 bridgehead atoms. The molecule has 7 heteroatoms. The van der Waals surface area contributed by atoms with E-state index in [0.717, 1.165) is 60.6 Å². The van der Waals surface area contributed by atoms with Crippen molar-refractivity contribution in [1.82, 2.24) is 14.9 Å². The second kappa shape index (κ2) is 9.02. The number of likely N-dealkylation sites (tertiary alicyclic amines) is 1. The smallest absolute Gasteiger partial charge is 0.253 e. The third-order valence-electron chi connectivity index (χ3n) is 6.47. The molecule has 0 atom stereocenters. The lowest BCUT2D eigenvalue weighted by atomic mass is 9.72. The van der Waals surface area contributed by atoms with Crippen molar-refractivity contribution in [3.8, 4) is 17.0 Å². The summed E-state index contributed by atoms with van der Waals surface area (Å²) in [5, 5.41) is 3.30. The second-order valence-electron chi connectivity index (χ2n) is 9.24. The summed E-state index contributed by atoms with van der Waals surface area (Å²) in [7, 11) is 1.68. The molecule has 6 nitrogen and oxygen atoms in total. The molecule has 172 valence electrons. The van der Waals surface area contributed by atoms with Crippen molar-refractivity contribution in [1.29, 1.82) is 0 Å². The Morgan fingerprint density at radius 2 is 1.91 bits per heavy atom. The largest absolute Gasteiger partial charge is 0.497 e. The SMILES string of the molecule is COc1ccc2c(c1)-c1nc(Nc3cccc(C(=O)N4CCCC4)c3)ncc1CC2(C)C.Cl. The van der Waals surface area contributed by atoms with Gasteiger partial charge < -0.3 is 15.0 Å². The van der Waals surface area contributed by atoms with Crippen LogP contribution in [0.2, 0.25) is 0 Å². The van der Waals surface area contributed by atoms with Crippen LogP contribution in [0.1, 0.15) is 48.2 Å². The van der Waals surface area contributed by atoms with E-state index in [4.69, 9.17) is 9.72 Å². The zero-order valence-corrected chi connectivity index (χ0v) is 20.0. The fourth-order valence-corrected chi connectivity index (χ4v) is 4.80. The monoisotopic (exact) mass is 464 g/mol. The van der Waals surface area contributed by atoms with Crippen LogP contribution >= 0.6 is 12.4 Å². The molecule has 1 N–H and O–H groups in total. The minimum atomic E-state index is -0.00280. The summed E-state index contributed by atoms with van der Waals surface area (Å²) < 4.78 is 5.47. The van der Waals surface area contributed by atoms with Gasteiger partial charge in [-0.15, -0.1) is 12.4 Å². The average molecular weight is 465 g/mol. The van der Waals surface area contributed by atoms with Crippen molar-refractivity contribution >= 4 is 29.9 Å². The number of fused-ring (bicyclic) bond motifs is 3. The summed E-state index contributed by atoms with van der Waals surface area (Å²) in [6, 6.07) is 13.8. The number of rotatable bonds is 4. The maximum absolute atomic E-state index is 12.8. The van der Waals surface area contributed by atoms with Crippen LogP contribution in [0.4, 0.5) is 11.6 Å². The number of carbonyl (C=O) groups excluding carboxylic acids is 1. The van der Waals surface area contributed by atoms with Gasteiger partial charge >= 0.3 is 0 Å². The van der Waals surface area contributed by atoms with Crippen LogP contribution in [0.25, 0.3) is 11.3 Å². The predicted molar refractivity (Wildman–Crippen MR) is 133 cm³/mol. The number of halogens is 1. The summed E-state index contributed by atoms with van der Waals surface area (Å²) in [6.45, 7) is 6.17. The van der Waals surface area contributed by atoms with E-state index in [9.17, 15) is 4.79 Å². The molecule has 1 amide bonds. The predicted octanol–water partition coefficient (Wildman–Crippen LogP) is 5.39. The number of benzene rings is 2. The molecule has 0 saturated carbocycles. The van der Waals surface area contributed by atoms with Crippen LogP contribution in [0.5, 0.6) is 5.75 Å². The van der Waals surface area contributed by atoms with Crippen LogP contribution in [0, 0.1) is 0 Å². The van der Waals surface area contributed by atoms with Gasteiger partial charge in [0.2, 0.25) is 5.95 Å². The molecule has 1 fully saturated rings. The van der Waals surface area contributed by atoms with Crippen molar-refractivity contribution in [2.75, 3.05) is 25.5 Å². The van der Waals surface area contributed by atoms with Crippen LogP contribution in [0.15, 0.2) is 48.7 Å². The highest BCUT2D eigenvalue weighted by Gasteiger charge is 2.32. The van der Waals surface area contributed by atoms with Gasteiger partial charge in [-0.3, -0.25) is 4.79 Å². The number of ether oxygens (including phenoxy) is 1. The lowest BCUT2D eigenvalue weighted by molar-refractivity contribution is 0.0793. The highest BCUT2D eigenvalue weighted by atomic mass is 35.5. The van der Waals surface area contributed by atoms with Gasteiger partial charge in [0.05, 0.1) is 12.8 Å². The van der Waals surface area contributed by atoms with Gasteiger partial charge in [0.25, 0.3) is 5.91 Å². The summed E-state index contributed by atoms with van der Waals surface area (Å²) in [5.74, 6) is 1.41. The number of amides is 1. The van der Waals surface area contributed by atoms with E-state index in [-0.39, 0.29) is 23.7 Å². The Morgan fingerprint density at radius 3 is 2.67 bits per heavy atom. The fourth-order valence-electron chi connectivity index (χ4n) is 4.80. The van der Waals surface area contributed by atoms with E-state index in [0.29, 0.717) is 11.5 Å². The van der Waals surface area contributed by atoms with Gasteiger partial charge in [0.1, 0.15) is 5.75 Å². The Bertz CT molecular complexity index is 1190. The Morgan fingerprint density at radius 1 is 1.12 bits per heavy atom. The van der Waals surface area contributed by atoms with Crippen molar-refractivity contribution < 1.29 is 9.53 Å². The molecule has 0 radical (unpaired) electrons. The molecule has 3 aromatic rings. The highest BCUT2D eigenvalue weighted by molar-refractivity contribution is 5.95. The topological polar surface area (TPSA) is 67.3 Å². The first-order valence-corrected chi connectivity index (χ1v) is 11.2. The molecule has 33 heavy (non-hydrogen) atoms. The van der Waals surface area contributed by atoms with Crippen molar-refractivity contribution in [2.24, 2.45) is 0 Å². The lowest BCUT2D eigenvalue weighted by Crippen LogP contribution is -2.27. The molecule has 1 aromatic heterocycles. The third kappa shape index (κ3) is 4.40. The number of aromatic nitrogens is 2. The number of anilines is 2. The zero-order valence-electron chi connectivity index (χ0n) is 19.2. The average Bonchev–Trinajstić information content (AvgIpc) is 3.34. The molecule has 0 unspecified atom stereocenters. The van der Waals surface area contributed by atoms with Gasteiger partial charge in [-0.25, -0.2) is 9.97 Å². The van der Waals surface area contributed by atoms with Crippen LogP contribution in [0.3, 0.4) is 0 Å². The fraction of sp³-hybridized carbons (Fsp3) is 0.346. The standard InChI is InChI=1S/C26H28N4O2.ClH/c1-26(2)15-18-16-27-25(29-23(18)21-14-20(32-3)9-10-22(21)26)28-19-8-6-7-17(13-19)24(31)30-11-4-5-12-30;/h6-10,13-14,16H,4-5,11-12,15H2,1-3H3,(H,27,28,29);1H. The molecule has 2 aromatic carbocycles. The van der Waals surface area contributed by atoms with Gasteiger partial charge in [-0.2, -0.15) is 0 Å². The number of methoxy groups -OCH3 is 1. The Hall–Kier alpha value is -3.12. The molecule has 1 aliphatic heterocycles. The highest BCUT2D eigenvalue weighted by Crippen LogP contribution is 2.43. The first kappa shape index (κ1) is 23.1. The molecule has 0 spiro atoms.